The largest absolute Gasteiger partial charge is 0.480 e. The smallest absolute Gasteiger partial charge is 0.320 e. The fraction of sp³-hybridized carbons (Fsp3) is 0.833. The topological polar surface area (TPSA) is 63.3 Å². The number of carbonyl (C=O) groups is 1. The van der Waals surface area contributed by atoms with Gasteiger partial charge in [0, 0.05) is 0 Å². The Morgan fingerprint density at radius 2 is 2.11 bits per heavy atom. The van der Waals surface area contributed by atoms with Gasteiger partial charge in [-0.25, -0.2) is 0 Å². The third kappa shape index (κ3) is 3.97. The third-order valence-electron chi connectivity index (χ3n) is 1.04. The Hall–Kier alpha value is -0.570. The lowest BCUT2D eigenvalue weighted by Gasteiger charge is -2.07. The second-order valence-corrected chi connectivity index (χ2v) is 2.57. The van der Waals surface area contributed by atoms with E-state index in [9.17, 15) is 4.79 Å². The van der Waals surface area contributed by atoms with Crippen molar-refractivity contribution >= 4 is 5.97 Å². The van der Waals surface area contributed by atoms with Crippen LogP contribution in [0.25, 0.3) is 0 Å². The van der Waals surface area contributed by atoms with Crippen molar-refractivity contribution in [2.45, 2.75) is 26.3 Å². The molecule has 0 aliphatic heterocycles. The number of hydrogen-bond acceptors (Lipinski definition) is 2. The molecule has 0 bridgehead atoms. The average Bonchev–Trinajstić information content (AvgIpc) is 1.63. The van der Waals surface area contributed by atoms with Gasteiger partial charge in [0.15, 0.2) is 0 Å². The highest BCUT2D eigenvalue weighted by Crippen LogP contribution is 2.01. The second kappa shape index (κ2) is 3.45. The summed E-state index contributed by atoms with van der Waals surface area (Å²) in [6, 6.07) is -0.690. The summed E-state index contributed by atoms with van der Waals surface area (Å²) in [5, 5.41) is 8.31. The van der Waals surface area contributed by atoms with E-state index in [4.69, 9.17) is 10.8 Å². The molecule has 0 amide bonds. The number of aliphatic carboxylic acids is 1. The van der Waals surface area contributed by atoms with E-state index in [1.165, 1.54) is 0 Å². The van der Waals surface area contributed by atoms with Crippen LogP contribution in [0.5, 0.6) is 0 Å². The summed E-state index contributed by atoms with van der Waals surface area (Å²) in [7, 11) is 0. The van der Waals surface area contributed by atoms with Gasteiger partial charge in [-0.15, -0.1) is 0 Å². The van der Waals surface area contributed by atoms with E-state index in [1.807, 2.05) is 13.8 Å². The minimum Gasteiger partial charge on any atom is -0.480 e. The van der Waals surface area contributed by atoms with E-state index in [1.54, 1.807) is 0 Å². The maximum absolute atomic E-state index is 10.1. The molecule has 9 heavy (non-hydrogen) atoms. The molecule has 0 fully saturated rings. The van der Waals surface area contributed by atoms with E-state index < -0.39 is 12.0 Å². The number of carboxylic acids is 1. The monoisotopic (exact) mass is 133 g/mol. The quantitative estimate of drug-likeness (QED) is 0.549. The predicted octanol–water partition coefficient (Wildman–Crippen LogP) is 0.444. The molecule has 0 radical (unpaired) electrons. The first-order valence-corrected chi connectivity index (χ1v) is 3.02. The fourth-order valence-electron chi connectivity index (χ4n) is 0.609. The summed E-state index contributed by atoms with van der Waals surface area (Å²) in [5.41, 5.74) is 5.22. The molecule has 0 rings (SSSR count). The third-order valence-corrected chi connectivity index (χ3v) is 1.04. The van der Waals surface area contributed by atoms with Gasteiger partial charge in [0.25, 0.3) is 0 Å². The lowest BCUT2D eigenvalue weighted by atomic mass is 10.1. The maximum atomic E-state index is 10.1. The lowest BCUT2D eigenvalue weighted by molar-refractivity contribution is -0.138. The van der Waals surface area contributed by atoms with Crippen LogP contribution in [0.15, 0.2) is 0 Å². The lowest BCUT2D eigenvalue weighted by Crippen LogP contribution is -2.31. The molecule has 3 N–H and O–H groups in total. The van der Waals surface area contributed by atoms with Crippen molar-refractivity contribution in [3.8, 4) is 0 Å². The number of hydrogen-bond donors (Lipinski definition) is 2. The van der Waals surface area contributed by atoms with Crippen LogP contribution < -0.4 is 5.73 Å². The summed E-state index contributed by atoms with van der Waals surface area (Å²) in [6.07, 6.45) is 0.551. The Kier molecular flexibility index (Phi) is 3.24. The first-order chi connectivity index (χ1) is 4.04. The van der Waals surface area contributed by atoms with Gasteiger partial charge in [-0.1, -0.05) is 13.8 Å². The number of carboxylic acid groups (broad SMARTS) is 1. The summed E-state index contributed by atoms with van der Waals surface area (Å²) >= 11 is 0. The molecule has 0 heterocycles. The normalized spacial score (nSPS) is 13.8. The zero-order chi connectivity index (χ0) is 7.44. The molecule has 0 aromatic heterocycles. The van der Waals surface area contributed by atoms with Crippen LogP contribution in [0.2, 0.25) is 0 Å². The molecular formula is C6H13NO2. The van der Waals surface area contributed by atoms with Crippen LogP contribution in [0, 0.1) is 5.92 Å². The van der Waals surface area contributed by atoms with Crippen LogP contribution in [-0.2, 0) is 4.79 Å². The van der Waals surface area contributed by atoms with E-state index in [-0.39, 0.29) is 0 Å². The Balaban J connectivity index is 3.50. The fourth-order valence-corrected chi connectivity index (χ4v) is 0.609. The molecule has 0 aromatic carbocycles. The van der Waals surface area contributed by atoms with E-state index in [0.717, 1.165) is 0 Å². The molecule has 1 atom stereocenters. The number of rotatable bonds is 3. The molecule has 0 unspecified atom stereocenters. The Labute approximate surface area is 54.9 Å². The molecular weight excluding hydrogens is 120 g/mol. The van der Waals surface area contributed by atoms with Crippen LogP contribution in [-0.4, -0.2) is 17.1 Å². The van der Waals surface area contributed by atoms with E-state index >= 15 is 0 Å². The summed E-state index contributed by atoms with van der Waals surface area (Å²) in [5.74, 6) is -0.556. The van der Waals surface area contributed by atoms with Gasteiger partial charge < -0.3 is 10.8 Å². The molecule has 3 heteroatoms. The van der Waals surface area contributed by atoms with Crippen molar-refractivity contribution < 1.29 is 9.90 Å². The highest BCUT2D eigenvalue weighted by atomic mass is 16.4. The Morgan fingerprint density at radius 3 is 2.22 bits per heavy atom. The molecule has 0 aromatic rings. The van der Waals surface area contributed by atoms with Gasteiger partial charge in [-0.3, -0.25) is 4.79 Å². The van der Waals surface area contributed by atoms with Crippen LogP contribution in [0.3, 0.4) is 0 Å². The van der Waals surface area contributed by atoms with E-state index in [0.29, 0.717) is 12.3 Å². The van der Waals surface area contributed by atoms with Gasteiger partial charge in [0.05, 0.1) is 0 Å². The Morgan fingerprint density at radius 1 is 1.67 bits per heavy atom. The van der Waals surface area contributed by atoms with Crippen molar-refractivity contribution in [3.05, 3.63) is 0 Å². The van der Waals surface area contributed by atoms with Crippen molar-refractivity contribution in [2.24, 2.45) is 11.7 Å². The molecule has 0 aliphatic rings. The van der Waals surface area contributed by atoms with Crippen molar-refractivity contribution in [1.82, 2.24) is 0 Å². The van der Waals surface area contributed by atoms with Gasteiger partial charge in [-0.2, -0.15) is 0 Å². The predicted molar refractivity (Wildman–Crippen MR) is 35.1 cm³/mol. The summed E-state index contributed by atoms with van der Waals surface area (Å²) in [4.78, 5) is 10.1. The van der Waals surface area contributed by atoms with Gasteiger partial charge >= 0.3 is 5.97 Å². The van der Waals surface area contributed by atoms with E-state index in [2.05, 4.69) is 0 Å². The van der Waals surface area contributed by atoms with Crippen molar-refractivity contribution in [2.75, 3.05) is 0 Å². The van der Waals surface area contributed by atoms with Crippen molar-refractivity contribution in [1.29, 1.82) is 0 Å². The first kappa shape index (κ1) is 8.43. The van der Waals surface area contributed by atoms with Crippen LogP contribution >= 0.6 is 0 Å². The zero-order valence-electron chi connectivity index (χ0n) is 5.79. The second-order valence-electron chi connectivity index (χ2n) is 2.57. The number of nitrogens with two attached hydrogens (primary N) is 1. The molecule has 54 valence electrons. The van der Waals surface area contributed by atoms with Gasteiger partial charge in [-0.05, 0) is 12.3 Å². The average molecular weight is 133 g/mol. The highest BCUT2D eigenvalue weighted by Gasteiger charge is 2.11. The first-order valence-electron chi connectivity index (χ1n) is 3.02. The molecule has 0 spiro atoms. The van der Waals surface area contributed by atoms with Gasteiger partial charge in [0.1, 0.15) is 6.04 Å². The minimum atomic E-state index is -0.913. The minimum absolute atomic E-state index is 0.357. The molecule has 0 aliphatic carbocycles. The summed E-state index contributed by atoms with van der Waals surface area (Å²) in [6.45, 7) is 3.89. The molecule has 0 saturated heterocycles. The molecule has 3 nitrogen and oxygen atoms in total. The standard InChI is InChI=1S/C6H13NO2/c1-4(2)3-5(7)6(8)9/h4-5H,3,7H2,1-2H3,(H,8,9)/t5-/m0/s1/i1+1,2+1. The highest BCUT2D eigenvalue weighted by molar-refractivity contribution is 5.72. The van der Waals surface area contributed by atoms with Crippen molar-refractivity contribution in [3.63, 3.8) is 0 Å². The Bertz CT molecular complexity index is 101. The molecule has 0 saturated carbocycles. The maximum Gasteiger partial charge on any atom is 0.320 e. The van der Waals surface area contributed by atoms with Crippen LogP contribution in [0.4, 0.5) is 0 Å². The van der Waals surface area contributed by atoms with Crippen LogP contribution in [0.1, 0.15) is 20.3 Å². The van der Waals surface area contributed by atoms with Gasteiger partial charge in [0.2, 0.25) is 0 Å². The summed E-state index contributed by atoms with van der Waals surface area (Å²) < 4.78 is 0. The zero-order valence-corrected chi connectivity index (χ0v) is 5.79. The SMILES string of the molecule is [13CH3]C([13CH3])C[C@H](N)C(=O)O.